The van der Waals surface area contributed by atoms with Crippen LogP contribution in [-0.4, -0.2) is 71.0 Å². The van der Waals surface area contributed by atoms with Gasteiger partial charge in [-0.3, -0.25) is 4.79 Å². The van der Waals surface area contributed by atoms with Crippen LogP contribution in [0.15, 0.2) is 0 Å². The largest absolute Gasteiger partial charge is 0.387 e. The lowest BCUT2D eigenvalue weighted by Crippen LogP contribution is -2.68. The Morgan fingerprint density at radius 1 is 1.08 bits per heavy atom. The number of hydrogen-bond donors (Lipinski definition) is 3. The molecule has 1 fully saturated rings. The van der Waals surface area contributed by atoms with E-state index in [-0.39, 0.29) is 12.0 Å². The maximum atomic E-state index is 12.4. The lowest BCUT2D eigenvalue weighted by molar-refractivity contribution is -0.289. The SMILES string of the molecule is CNC(=O)C1OC(C(C)(C)OC(C)C)[C@@H](O)[C@@H](O)[C@@H]1OC(C)(C)C(C)C. The van der Waals surface area contributed by atoms with Gasteiger partial charge in [0.1, 0.15) is 24.4 Å². The van der Waals surface area contributed by atoms with E-state index in [1.54, 1.807) is 13.8 Å². The lowest BCUT2D eigenvalue weighted by Gasteiger charge is -2.49. The zero-order chi connectivity index (χ0) is 20.4. The molecule has 0 aromatic carbocycles. The number of hydrogen-bond acceptors (Lipinski definition) is 6. The molecule has 7 heteroatoms. The van der Waals surface area contributed by atoms with Crippen molar-refractivity contribution in [3.05, 3.63) is 0 Å². The molecule has 1 rings (SSSR count). The molecule has 2 unspecified atom stereocenters. The fraction of sp³-hybridized carbons (Fsp3) is 0.947. The molecular formula is C19H37NO6. The molecule has 0 radical (unpaired) electrons. The van der Waals surface area contributed by atoms with Gasteiger partial charge in [0.2, 0.25) is 0 Å². The van der Waals surface area contributed by atoms with Gasteiger partial charge in [0.15, 0.2) is 6.10 Å². The minimum absolute atomic E-state index is 0.106. The fourth-order valence-electron chi connectivity index (χ4n) is 3.09. The lowest BCUT2D eigenvalue weighted by atomic mass is 9.85. The number of aliphatic hydroxyl groups excluding tert-OH is 2. The molecule has 0 aromatic heterocycles. The number of carbonyl (C=O) groups excluding carboxylic acids is 1. The quantitative estimate of drug-likeness (QED) is 0.620. The number of carbonyl (C=O) groups is 1. The van der Waals surface area contributed by atoms with Crippen LogP contribution in [0, 0.1) is 5.92 Å². The van der Waals surface area contributed by atoms with Crippen molar-refractivity contribution in [1.29, 1.82) is 0 Å². The molecule has 3 N–H and O–H groups in total. The van der Waals surface area contributed by atoms with Crippen molar-refractivity contribution in [3.63, 3.8) is 0 Å². The van der Waals surface area contributed by atoms with E-state index < -0.39 is 47.6 Å². The van der Waals surface area contributed by atoms with Gasteiger partial charge in [-0.1, -0.05) is 13.8 Å². The van der Waals surface area contributed by atoms with Crippen LogP contribution in [0.25, 0.3) is 0 Å². The molecule has 1 saturated heterocycles. The number of amides is 1. The Morgan fingerprint density at radius 3 is 2.04 bits per heavy atom. The van der Waals surface area contributed by atoms with E-state index in [4.69, 9.17) is 14.2 Å². The van der Waals surface area contributed by atoms with Crippen molar-refractivity contribution >= 4 is 5.91 Å². The Bertz CT molecular complexity index is 477. The maximum absolute atomic E-state index is 12.4. The molecule has 7 nitrogen and oxygen atoms in total. The standard InChI is InChI=1S/C19H37NO6/c1-10(2)18(5,6)26-14-12(21)13(22)16(19(7,8)25-11(3)4)24-15(14)17(23)20-9/h10-16,21-22H,1-9H3,(H,20,23)/t12-,13+,14+,15?,16?/m1/s1. The van der Waals surface area contributed by atoms with E-state index in [0.29, 0.717) is 0 Å². The molecule has 0 aromatic rings. The molecule has 1 aliphatic heterocycles. The number of likely N-dealkylation sites (N-methyl/N-ethyl adjacent to an activating group) is 1. The summed E-state index contributed by atoms with van der Waals surface area (Å²) in [5.74, 6) is -0.276. The second kappa shape index (κ2) is 8.52. The van der Waals surface area contributed by atoms with E-state index in [2.05, 4.69) is 5.32 Å². The van der Waals surface area contributed by atoms with Crippen LogP contribution in [0.5, 0.6) is 0 Å². The Hall–Kier alpha value is -0.730. The third kappa shape index (κ3) is 5.16. The van der Waals surface area contributed by atoms with Crippen LogP contribution in [0.2, 0.25) is 0 Å². The minimum Gasteiger partial charge on any atom is -0.387 e. The zero-order valence-electron chi connectivity index (χ0n) is 17.6. The van der Waals surface area contributed by atoms with E-state index in [1.807, 2.05) is 41.5 Å². The summed E-state index contributed by atoms with van der Waals surface area (Å²) in [4.78, 5) is 12.4. The van der Waals surface area contributed by atoms with Gasteiger partial charge in [0.25, 0.3) is 5.91 Å². The summed E-state index contributed by atoms with van der Waals surface area (Å²) in [6, 6.07) is 0. The highest BCUT2D eigenvalue weighted by molar-refractivity contribution is 5.81. The molecule has 1 heterocycles. The highest BCUT2D eigenvalue weighted by Crippen LogP contribution is 2.35. The van der Waals surface area contributed by atoms with Crippen molar-refractivity contribution in [3.8, 4) is 0 Å². The van der Waals surface area contributed by atoms with Crippen molar-refractivity contribution in [2.75, 3.05) is 7.05 Å². The summed E-state index contributed by atoms with van der Waals surface area (Å²) in [7, 11) is 1.50. The number of nitrogens with one attached hydrogen (secondary N) is 1. The summed E-state index contributed by atoms with van der Waals surface area (Å²) in [6.45, 7) is 15.0. The summed E-state index contributed by atoms with van der Waals surface area (Å²) in [5, 5.41) is 24.0. The third-order valence-corrected chi connectivity index (χ3v) is 5.15. The Labute approximate surface area is 157 Å². The second-order valence-corrected chi connectivity index (χ2v) is 8.68. The normalized spacial score (nSPS) is 30.7. The average molecular weight is 376 g/mol. The monoisotopic (exact) mass is 375 g/mol. The van der Waals surface area contributed by atoms with Gasteiger partial charge in [-0.15, -0.1) is 0 Å². The van der Waals surface area contributed by atoms with Crippen LogP contribution in [0.4, 0.5) is 0 Å². The third-order valence-electron chi connectivity index (χ3n) is 5.15. The number of ether oxygens (including phenoxy) is 3. The predicted octanol–water partition coefficient (Wildman–Crippen LogP) is 1.24. The minimum atomic E-state index is -1.29. The number of rotatable bonds is 7. The molecule has 1 amide bonds. The second-order valence-electron chi connectivity index (χ2n) is 8.68. The fourth-order valence-corrected chi connectivity index (χ4v) is 3.09. The predicted molar refractivity (Wildman–Crippen MR) is 98.8 cm³/mol. The van der Waals surface area contributed by atoms with Gasteiger partial charge < -0.3 is 29.7 Å². The molecule has 5 atom stereocenters. The zero-order valence-corrected chi connectivity index (χ0v) is 17.6. The molecule has 0 spiro atoms. The van der Waals surface area contributed by atoms with Crippen molar-refractivity contribution in [2.45, 2.75) is 103 Å². The van der Waals surface area contributed by atoms with E-state index in [0.717, 1.165) is 0 Å². The highest BCUT2D eigenvalue weighted by Gasteiger charge is 2.54. The summed E-state index contributed by atoms with van der Waals surface area (Å²) in [5.41, 5.74) is -1.52. The molecule has 154 valence electrons. The molecule has 0 aliphatic carbocycles. The molecule has 0 saturated carbocycles. The van der Waals surface area contributed by atoms with Crippen molar-refractivity contribution in [2.24, 2.45) is 5.92 Å². The van der Waals surface area contributed by atoms with Gasteiger partial charge in [-0.25, -0.2) is 0 Å². The van der Waals surface area contributed by atoms with Gasteiger partial charge in [0.05, 0.1) is 17.3 Å². The van der Waals surface area contributed by atoms with Crippen molar-refractivity contribution in [1.82, 2.24) is 5.32 Å². The van der Waals surface area contributed by atoms with Gasteiger partial charge in [0, 0.05) is 7.05 Å². The van der Waals surface area contributed by atoms with Gasteiger partial charge in [-0.05, 0) is 47.5 Å². The smallest absolute Gasteiger partial charge is 0.251 e. The molecule has 0 bridgehead atoms. The Balaban J connectivity index is 3.18. The van der Waals surface area contributed by atoms with Crippen LogP contribution >= 0.6 is 0 Å². The molecule has 26 heavy (non-hydrogen) atoms. The first kappa shape index (κ1) is 23.3. The first-order valence-electron chi connectivity index (χ1n) is 9.33. The van der Waals surface area contributed by atoms with Crippen LogP contribution in [0.1, 0.15) is 55.4 Å². The van der Waals surface area contributed by atoms with E-state index in [9.17, 15) is 15.0 Å². The highest BCUT2D eigenvalue weighted by atomic mass is 16.6. The molecular weight excluding hydrogens is 338 g/mol. The topological polar surface area (TPSA) is 97.3 Å². The Morgan fingerprint density at radius 2 is 1.62 bits per heavy atom. The van der Waals surface area contributed by atoms with Crippen LogP contribution in [0.3, 0.4) is 0 Å². The number of aliphatic hydroxyl groups is 2. The first-order chi connectivity index (χ1) is 11.7. The first-order valence-corrected chi connectivity index (χ1v) is 9.33. The summed E-state index contributed by atoms with van der Waals surface area (Å²) < 4.78 is 17.9. The summed E-state index contributed by atoms with van der Waals surface area (Å²) >= 11 is 0. The van der Waals surface area contributed by atoms with Crippen molar-refractivity contribution < 1.29 is 29.2 Å². The van der Waals surface area contributed by atoms with Gasteiger partial charge >= 0.3 is 0 Å². The van der Waals surface area contributed by atoms with E-state index >= 15 is 0 Å². The molecule has 1 aliphatic rings. The van der Waals surface area contributed by atoms with E-state index in [1.165, 1.54) is 7.05 Å². The average Bonchev–Trinajstić information content (AvgIpc) is 2.49. The maximum Gasteiger partial charge on any atom is 0.251 e. The Kier molecular flexibility index (Phi) is 7.64. The van der Waals surface area contributed by atoms with Crippen LogP contribution in [-0.2, 0) is 19.0 Å². The van der Waals surface area contributed by atoms with Crippen LogP contribution < -0.4 is 5.32 Å². The summed E-state index contributed by atoms with van der Waals surface area (Å²) in [6.07, 6.45) is -5.58. The van der Waals surface area contributed by atoms with Gasteiger partial charge in [-0.2, -0.15) is 0 Å².